The summed E-state index contributed by atoms with van der Waals surface area (Å²) in [5.41, 5.74) is -0.457. The monoisotopic (exact) mass is 392 g/mol. The molecule has 20 heavy (non-hydrogen) atoms. The first-order chi connectivity index (χ1) is 9.33. The molecule has 2 saturated heterocycles. The molecule has 5 atom stereocenters. The van der Waals surface area contributed by atoms with E-state index in [1.807, 2.05) is 13.8 Å². The van der Waals surface area contributed by atoms with Crippen LogP contribution in [-0.2, 0) is 19.1 Å². The van der Waals surface area contributed by atoms with Gasteiger partial charge in [-0.15, -0.1) is 0 Å². The smallest absolute Gasteiger partial charge is 0.322 e. The first kappa shape index (κ1) is 14.6. The normalized spacial score (nSPS) is 41.8. The van der Waals surface area contributed by atoms with Crippen LogP contribution >= 0.6 is 22.6 Å². The molecule has 0 spiro atoms. The number of hydrogen-bond acceptors (Lipinski definition) is 4. The second-order valence-electron chi connectivity index (χ2n) is 6.83. The molecule has 2 aliphatic carbocycles. The summed E-state index contributed by atoms with van der Waals surface area (Å²) in [6.45, 7) is 3.90. The molecular formula is C15H21IO4. The Morgan fingerprint density at radius 1 is 1.45 bits per heavy atom. The first-order valence-corrected chi connectivity index (χ1v) is 8.54. The van der Waals surface area contributed by atoms with E-state index in [2.05, 4.69) is 22.6 Å². The number of carbonyl (C=O) groups excluding carboxylic acids is 2. The minimum absolute atomic E-state index is 0.0522. The summed E-state index contributed by atoms with van der Waals surface area (Å²) in [6.07, 6.45) is 4.78. The molecule has 112 valence electrons. The van der Waals surface area contributed by atoms with Gasteiger partial charge in [0.25, 0.3) is 0 Å². The van der Waals surface area contributed by atoms with Gasteiger partial charge >= 0.3 is 11.9 Å². The molecule has 5 unspecified atom stereocenters. The van der Waals surface area contributed by atoms with Crippen molar-refractivity contribution in [2.45, 2.75) is 67.5 Å². The molecule has 0 radical (unpaired) electrons. The third-order valence-corrected chi connectivity index (χ3v) is 6.31. The molecule has 4 nitrogen and oxygen atoms in total. The van der Waals surface area contributed by atoms with E-state index < -0.39 is 9.02 Å². The van der Waals surface area contributed by atoms with Gasteiger partial charge in [-0.1, -0.05) is 29.5 Å². The number of ether oxygens (including phenoxy) is 2. The van der Waals surface area contributed by atoms with E-state index in [1.165, 1.54) is 0 Å². The van der Waals surface area contributed by atoms with Gasteiger partial charge in [-0.05, 0) is 38.5 Å². The zero-order valence-corrected chi connectivity index (χ0v) is 14.1. The number of fused-ring (bicyclic) bond motifs is 1. The number of esters is 2. The van der Waals surface area contributed by atoms with Crippen LogP contribution in [0.1, 0.15) is 52.4 Å². The first-order valence-electron chi connectivity index (χ1n) is 7.46. The minimum Gasteiger partial charge on any atom is -0.462 e. The van der Waals surface area contributed by atoms with Crippen LogP contribution in [0.4, 0.5) is 0 Å². The van der Waals surface area contributed by atoms with E-state index in [0.717, 1.165) is 25.7 Å². The fraction of sp³-hybridized carbons (Fsp3) is 0.867. The highest BCUT2D eigenvalue weighted by Crippen LogP contribution is 2.51. The Morgan fingerprint density at radius 2 is 2.20 bits per heavy atom. The highest BCUT2D eigenvalue weighted by atomic mass is 127. The van der Waals surface area contributed by atoms with Crippen molar-refractivity contribution >= 4 is 34.5 Å². The molecule has 0 amide bonds. The summed E-state index contributed by atoms with van der Waals surface area (Å²) in [4.78, 5) is 24.4. The van der Waals surface area contributed by atoms with Crippen LogP contribution in [0.15, 0.2) is 0 Å². The van der Waals surface area contributed by atoms with Crippen LogP contribution in [0, 0.1) is 11.8 Å². The largest absolute Gasteiger partial charge is 0.462 e. The molecule has 0 aromatic carbocycles. The van der Waals surface area contributed by atoms with Crippen LogP contribution in [0.25, 0.3) is 0 Å². The van der Waals surface area contributed by atoms with Gasteiger partial charge in [-0.2, -0.15) is 0 Å². The molecule has 2 heterocycles. The van der Waals surface area contributed by atoms with E-state index in [4.69, 9.17) is 9.47 Å². The van der Waals surface area contributed by atoms with Crippen LogP contribution in [0.5, 0.6) is 0 Å². The number of halogens is 1. The standard InChI is InChI=1S/C15H21IO4/c1-3-14(2,16)13(18)20-15-6-9-4-10(7-15)12(17)19-11(5-9)8-15/h9-11H,3-8H2,1-2H3. The third kappa shape index (κ3) is 2.46. The maximum absolute atomic E-state index is 12.4. The van der Waals surface area contributed by atoms with E-state index in [-0.39, 0.29) is 24.0 Å². The SMILES string of the molecule is CCC(C)(I)C(=O)OC12CC3CC(C1)OC(=O)C(C3)C2. The average molecular weight is 392 g/mol. The van der Waals surface area contributed by atoms with E-state index in [9.17, 15) is 9.59 Å². The van der Waals surface area contributed by atoms with Crippen LogP contribution in [-0.4, -0.2) is 27.1 Å². The fourth-order valence-electron chi connectivity index (χ4n) is 3.95. The number of carbonyl (C=O) groups is 2. The number of alkyl halides is 1. The second kappa shape index (κ2) is 4.85. The molecule has 4 rings (SSSR count). The van der Waals surface area contributed by atoms with Gasteiger partial charge in [-0.25, -0.2) is 0 Å². The Labute approximate surface area is 133 Å². The van der Waals surface area contributed by atoms with Gasteiger partial charge < -0.3 is 9.47 Å². The molecule has 4 aliphatic rings. The maximum Gasteiger partial charge on any atom is 0.322 e. The van der Waals surface area contributed by atoms with Crippen molar-refractivity contribution in [3.05, 3.63) is 0 Å². The summed E-state index contributed by atoms with van der Waals surface area (Å²) in [7, 11) is 0. The highest BCUT2D eigenvalue weighted by molar-refractivity contribution is 14.1. The van der Waals surface area contributed by atoms with Crippen LogP contribution < -0.4 is 0 Å². The van der Waals surface area contributed by atoms with Crippen molar-refractivity contribution < 1.29 is 19.1 Å². The molecule has 0 aromatic heterocycles. The van der Waals surface area contributed by atoms with Crippen LogP contribution in [0.3, 0.4) is 0 Å². The van der Waals surface area contributed by atoms with Crippen molar-refractivity contribution in [3.8, 4) is 0 Å². The zero-order valence-electron chi connectivity index (χ0n) is 12.0. The Kier molecular flexibility index (Phi) is 3.54. The van der Waals surface area contributed by atoms with E-state index in [1.54, 1.807) is 0 Å². The summed E-state index contributed by atoms with van der Waals surface area (Å²) in [5, 5.41) is 0. The Morgan fingerprint density at radius 3 is 2.90 bits per heavy atom. The lowest BCUT2D eigenvalue weighted by molar-refractivity contribution is -0.175. The van der Waals surface area contributed by atoms with Crippen LogP contribution in [0.2, 0.25) is 0 Å². The predicted molar refractivity (Wildman–Crippen MR) is 81.5 cm³/mol. The van der Waals surface area contributed by atoms with Crippen molar-refractivity contribution in [2.24, 2.45) is 11.8 Å². The maximum atomic E-state index is 12.4. The topological polar surface area (TPSA) is 52.6 Å². The van der Waals surface area contributed by atoms with Gasteiger partial charge in [0, 0.05) is 12.8 Å². The highest BCUT2D eigenvalue weighted by Gasteiger charge is 2.55. The van der Waals surface area contributed by atoms with Crippen molar-refractivity contribution in [1.82, 2.24) is 0 Å². The number of rotatable bonds is 3. The summed E-state index contributed by atoms with van der Waals surface area (Å²) in [6, 6.07) is 0. The molecule has 4 bridgehead atoms. The van der Waals surface area contributed by atoms with E-state index >= 15 is 0 Å². The Balaban J connectivity index is 1.82. The zero-order chi connectivity index (χ0) is 14.5. The van der Waals surface area contributed by atoms with Gasteiger partial charge in [0.05, 0.1) is 5.92 Å². The molecular weight excluding hydrogens is 371 g/mol. The number of hydrogen-bond donors (Lipinski definition) is 0. The Hall–Kier alpha value is -0.330. The summed E-state index contributed by atoms with van der Waals surface area (Å²) < 4.78 is 11.0. The van der Waals surface area contributed by atoms with Gasteiger partial charge in [0.15, 0.2) is 0 Å². The summed E-state index contributed by atoms with van der Waals surface area (Å²) >= 11 is 2.17. The minimum atomic E-state index is -0.485. The van der Waals surface area contributed by atoms with E-state index in [0.29, 0.717) is 18.8 Å². The third-order valence-electron chi connectivity index (χ3n) is 5.11. The lowest BCUT2D eigenvalue weighted by atomic mass is 9.65. The fourth-order valence-corrected chi connectivity index (χ4v) is 4.06. The average Bonchev–Trinajstić information content (AvgIpc) is 2.51. The molecule has 2 saturated carbocycles. The Bertz CT molecular complexity index is 447. The molecule has 0 N–H and O–H groups in total. The van der Waals surface area contributed by atoms with Crippen molar-refractivity contribution in [1.29, 1.82) is 0 Å². The molecule has 0 aromatic rings. The van der Waals surface area contributed by atoms with Crippen molar-refractivity contribution in [3.63, 3.8) is 0 Å². The van der Waals surface area contributed by atoms with Gasteiger partial charge in [-0.3, -0.25) is 9.59 Å². The molecule has 4 fully saturated rings. The summed E-state index contributed by atoms with van der Waals surface area (Å²) in [5.74, 6) is 0.169. The second-order valence-corrected chi connectivity index (χ2v) is 9.21. The molecule has 5 heteroatoms. The lowest BCUT2D eigenvalue weighted by Gasteiger charge is -2.46. The van der Waals surface area contributed by atoms with Gasteiger partial charge in [0.1, 0.15) is 15.1 Å². The van der Waals surface area contributed by atoms with Crippen molar-refractivity contribution in [2.75, 3.05) is 0 Å². The predicted octanol–water partition coefficient (Wildman–Crippen LogP) is 3.01. The van der Waals surface area contributed by atoms with Gasteiger partial charge in [0.2, 0.25) is 0 Å². The lowest BCUT2D eigenvalue weighted by Crippen LogP contribution is -2.50. The quantitative estimate of drug-likeness (QED) is 0.421. The molecule has 2 aliphatic heterocycles.